The van der Waals surface area contributed by atoms with E-state index < -0.39 is 11.4 Å². The minimum absolute atomic E-state index is 0.00289. The van der Waals surface area contributed by atoms with Crippen LogP contribution in [0.4, 0.5) is 0 Å². The summed E-state index contributed by atoms with van der Waals surface area (Å²) in [4.78, 5) is 25.2. The summed E-state index contributed by atoms with van der Waals surface area (Å²) in [6.07, 6.45) is 6.05. The zero-order chi connectivity index (χ0) is 13.6. The van der Waals surface area contributed by atoms with Crippen LogP contribution >= 0.6 is 0 Å². The molecule has 1 amide bonds. The molecule has 0 aliphatic heterocycles. The lowest BCUT2D eigenvalue weighted by atomic mass is 9.79. The molecule has 1 rings (SSSR count). The average Bonchev–Trinajstić information content (AvgIpc) is 2.63. The van der Waals surface area contributed by atoms with Crippen LogP contribution in [0.5, 0.6) is 0 Å². The Labute approximate surface area is 109 Å². The van der Waals surface area contributed by atoms with Crippen molar-refractivity contribution >= 4 is 11.9 Å². The van der Waals surface area contributed by atoms with Gasteiger partial charge in [0.15, 0.2) is 0 Å². The third kappa shape index (κ3) is 3.45. The second-order valence-electron chi connectivity index (χ2n) is 5.14. The van der Waals surface area contributed by atoms with Crippen molar-refractivity contribution in [3.63, 3.8) is 0 Å². The number of nitrogens with two attached hydrogens (primary N) is 1. The molecule has 104 valence electrons. The van der Waals surface area contributed by atoms with Crippen LogP contribution in [0.25, 0.3) is 0 Å². The summed E-state index contributed by atoms with van der Waals surface area (Å²) in [6, 6.07) is 0. The van der Waals surface area contributed by atoms with Crippen molar-refractivity contribution in [3.8, 4) is 0 Å². The van der Waals surface area contributed by atoms with Crippen molar-refractivity contribution in [1.29, 1.82) is 0 Å². The van der Waals surface area contributed by atoms with E-state index in [0.717, 1.165) is 38.5 Å². The molecular weight excluding hydrogens is 232 g/mol. The predicted octanol–water partition coefficient (Wildman–Crippen LogP) is 0.917. The Bertz CT molecular complexity index is 297. The highest BCUT2D eigenvalue weighted by atomic mass is 16.5. The largest absolute Gasteiger partial charge is 0.468 e. The van der Waals surface area contributed by atoms with Gasteiger partial charge in [0.05, 0.1) is 12.5 Å². The van der Waals surface area contributed by atoms with Crippen LogP contribution < -0.4 is 5.73 Å². The minimum Gasteiger partial charge on any atom is -0.468 e. The van der Waals surface area contributed by atoms with Gasteiger partial charge in [-0.25, -0.2) is 0 Å². The fourth-order valence-corrected chi connectivity index (χ4v) is 2.65. The highest BCUT2D eigenvalue weighted by Crippen LogP contribution is 2.35. The monoisotopic (exact) mass is 256 g/mol. The molecule has 0 spiro atoms. The van der Waals surface area contributed by atoms with Crippen molar-refractivity contribution < 1.29 is 14.3 Å². The summed E-state index contributed by atoms with van der Waals surface area (Å²) in [5.74, 6) is -0.413. The molecule has 0 atom stereocenters. The lowest BCUT2D eigenvalue weighted by Crippen LogP contribution is -2.48. The second kappa shape index (κ2) is 6.73. The van der Waals surface area contributed by atoms with Gasteiger partial charge in [0.1, 0.15) is 6.54 Å². The predicted molar refractivity (Wildman–Crippen MR) is 68.8 cm³/mol. The van der Waals surface area contributed by atoms with Gasteiger partial charge in [-0.3, -0.25) is 9.59 Å². The maximum Gasteiger partial charge on any atom is 0.325 e. The van der Waals surface area contributed by atoms with Crippen LogP contribution in [-0.4, -0.2) is 44.0 Å². The highest BCUT2D eigenvalue weighted by Gasteiger charge is 2.39. The number of amides is 1. The lowest BCUT2D eigenvalue weighted by molar-refractivity contribution is -0.150. The fraction of sp³-hybridized carbons (Fsp3) is 0.846. The van der Waals surface area contributed by atoms with Gasteiger partial charge in [0.25, 0.3) is 0 Å². The number of methoxy groups -OCH3 is 1. The van der Waals surface area contributed by atoms with Crippen molar-refractivity contribution in [1.82, 2.24) is 4.90 Å². The van der Waals surface area contributed by atoms with Crippen molar-refractivity contribution in [2.75, 3.05) is 27.2 Å². The van der Waals surface area contributed by atoms with E-state index >= 15 is 0 Å². The van der Waals surface area contributed by atoms with Crippen molar-refractivity contribution in [2.45, 2.75) is 38.5 Å². The summed E-state index contributed by atoms with van der Waals surface area (Å²) in [7, 11) is 2.96. The Morgan fingerprint density at radius 3 is 2.22 bits per heavy atom. The number of carbonyl (C=O) groups excluding carboxylic acids is 2. The number of ether oxygens (including phenoxy) is 1. The van der Waals surface area contributed by atoms with Gasteiger partial charge in [-0.2, -0.15) is 0 Å². The van der Waals surface area contributed by atoms with E-state index in [1.807, 2.05) is 0 Å². The van der Waals surface area contributed by atoms with E-state index in [2.05, 4.69) is 4.74 Å². The molecule has 18 heavy (non-hydrogen) atoms. The van der Waals surface area contributed by atoms with E-state index in [4.69, 9.17) is 5.73 Å². The van der Waals surface area contributed by atoms with E-state index in [9.17, 15) is 9.59 Å². The van der Waals surface area contributed by atoms with Crippen LogP contribution in [0.15, 0.2) is 0 Å². The van der Waals surface area contributed by atoms with Gasteiger partial charge in [0.2, 0.25) is 5.91 Å². The maximum atomic E-state index is 12.5. The molecule has 0 aromatic heterocycles. The first-order valence-corrected chi connectivity index (χ1v) is 6.58. The quantitative estimate of drug-likeness (QED) is 0.599. The first-order chi connectivity index (χ1) is 8.55. The Kier molecular flexibility index (Phi) is 5.59. The van der Waals surface area contributed by atoms with Crippen LogP contribution in [0.2, 0.25) is 0 Å². The molecule has 1 saturated carbocycles. The topological polar surface area (TPSA) is 72.6 Å². The maximum absolute atomic E-state index is 12.5. The number of nitrogens with zero attached hydrogens (tertiary/aromatic N) is 1. The first kappa shape index (κ1) is 15.0. The molecule has 0 aromatic rings. The van der Waals surface area contributed by atoms with Crippen molar-refractivity contribution in [2.24, 2.45) is 11.1 Å². The molecule has 0 saturated heterocycles. The Hall–Kier alpha value is -1.10. The van der Waals surface area contributed by atoms with Gasteiger partial charge >= 0.3 is 5.97 Å². The summed E-state index contributed by atoms with van der Waals surface area (Å²) >= 11 is 0. The third-order valence-corrected chi connectivity index (χ3v) is 3.85. The van der Waals surface area contributed by atoms with E-state index in [0.29, 0.717) is 6.54 Å². The Balaban J connectivity index is 2.73. The molecule has 0 bridgehead atoms. The van der Waals surface area contributed by atoms with E-state index in [1.165, 1.54) is 12.0 Å². The zero-order valence-electron chi connectivity index (χ0n) is 11.4. The molecule has 0 unspecified atom stereocenters. The molecule has 0 heterocycles. The summed E-state index contributed by atoms with van der Waals surface area (Å²) in [5.41, 5.74) is 5.37. The summed E-state index contributed by atoms with van der Waals surface area (Å²) < 4.78 is 4.59. The average molecular weight is 256 g/mol. The number of carbonyl (C=O) groups is 2. The number of likely N-dealkylation sites (N-methyl/N-ethyl adjacent to an activating group) is 1. The van der Waals surface area contributed by atoms with E-state index in [-0.39, 0.29) is 12.5 Å². The van der Waals surface area contributed by atoms with Gasteiger partial charge in [-0.1, -0.05) is 25.7 Å². The second-order valence-corrected chi connectivity index (χ2v) is 5.14. The molecular formula is C13H24N2O3. The molecule has 1 aliphatic rings. The van der Waals surface area contributed by atoms with E-state index in [1.54, 1.807) is 7.05 Å². The molecule has 2 N–H and O–H groups in total. The zero-order valence-corrected chi connectivity index (χ0v) is 11.4. The Morgan fingerprint density at radius 2 is 1.78 bits per heavy atom. The van der Waals surface area contributed by atoms with Crippen molar-refractivity contribution in [3.05, 3.63) is 0 Å². The molecule has 5 nitrogen and oxygen atoms in total. The highest BCUT2D eigenvalue weighted by molar-refractivity contribution is 5.86. The van der Waals surface area contributed by atoms with Crippen LogP contribution in [0.1, 0.15) is 38.5 Å². The minimum atomic E-state index is -0.473. The normalized spacial score (nSPS) is 18.8. The first-order valence-electron chi connectivity index (χ1n) is 6.58. The molecule has 1 fully saturated rings. The third-order valence-electron chi connectivity index (χ3n) is 3.85. The number of hydrogen-bond donors (Lipinski definition) is 1. The summed E-state index contributed by atoms with van der Waals surface area (Å²) in [5, 5.41) is 0. The van der Waals surface area contributed by atoms with Gasteiger partial charge < -0.3 is 15.4 Å². The van der Waals surface area contributed by atoms with Crippen LogP contribution in [-0.2, 0) is 14.3 Å². The number of hydrogen-bond acceptors (Lipinski definition) is 4. The van der Waals surface area contributed by atoms with Gasteiger partial charge in [-0.15, -0.1) is 0 Å². The molecule has 0 aromatic carbocycles. The number of esters is 1. The molecule has 1 aliphatic carbocycles. The standard InChI is InChI=1S/C13H24N2O3/c1-15(9-11(16)18-2)12(17)13(10-14)7-5-3-4-6-8-13/h3-10,14H2,1-2H3. The van der Waals surface area contributed by atoms with Crippen LogP contribution in [0, 0.1) is 5.41 Å². The number of rotatable bonds is 4. The van der Waals surface area contributed by atoms with Gasteiger partial charge in [0, 0.05) is 13.6 Å². The Morgan fingerprint density at radius 1 is 1.22 bits per heavy atom. The SMILES string of the molecule is COC(=O)CN(C)C(=O)C1(CN)CCCCCC1. The molecule has 0 radical (unpaired) electrons. The van der Waals surface area contributed by atoms with Gasteiger partial charge in [-0.05, 0) is 12.8 Å². The fourth-order valence-electron chi connectivity index (χ4n) is 2.65. The summed E-state index contributed by atoms with van der Waals surface area (Å²) in [6.45, 7) is 0.356. The lowest BCUT2D eigenvalue weighted by Gasteiger charge is -2.33. The smallest absolute Gasteiger partial charge is 0.325 e. The van der Waals surface area contributed by atoms with Crippen LogP contribution in [0.3, 0.4) is 0 Å². The molecule has 5 heteroatoms.